The van der Waals surface area contributed by atoms with Crippen LogP contribution in [-0.4, -0.2) is 120 Å². The smallest absolute Gasteiger partial charge is 0.369 e. The quantitative estimate of drug-likeness (QED) is 0.0291. The third-order valence-corrected chi connectivity index (χ3v) is 16.2. The van der Waals surface area contributed by atoms with Crippen LogP contribution in [0.1, 0.15) is 116 Å². The highest BCUT2D eigenvalue weighted by Crippen LogP contribution is 2.68. The fourth-order valence-electron chi connectivity index (χ4n) is 7.84. The van der Waals surface area contributed by atoms with Crippen molar-refractivity contribution in [2.24, 2.45) is 17.4 Å². The monoisotopic (exact) mass is 1090 g/mol. The van der Waals surface area contributed by atoms with Crippen LogP contribution in [0.3, 0.4) is 0 Å². The van der Waals surface area contributed by atoms with Gasteiger partial charge in [-0.15, -0.1) is 0 Å². The van der Waals surface area contributed by atoms with Crippen molar-refractivity contribution in [2.45, 2.75) is 128 Å². The Kier molecular flexibility index (Phi) is 25.0. The standard InChI is InChI=1S/C48H68N8O16P2.CH4/c1-3-30(2)43-47(64)53-40(8-4-5-18-49)46(63)54-41-25-33(44(50)61)10-11-34(41)27-52-39-15-9-31(24-38(39)45(62)55-43)23-36(58)14-16-42(60)51-19-22-72-21-17-35(57)12-13-37(59)29-56-20-6-7-32(28-56)26-48(65,73(66,67)68)74(69,70)71;/h6-7,9-11,15,20,24-25,28,30,37,40,43,59,65H,3-5,8,12-14,16-19,21-23,26-27,29,49H2,1-2H3,(H10-,50,51,52,53,54,55,60,61,62,63,64,66,67,68,69,70,71);1H4/p+1/t30?,37?,40-,43-;/m0./s1. The lowest BCUT2D eigenvalue weighted by molar-refractivity contribution is -0.704. The lowest BCUT2D eigenvalue weighted by Crippen LogP contribution is -2.55. The number of hydrogen-bond acceptors (Lipinski definition) is 14. The molecule has 4 atom stereocenters. The van der Waals surface area contributed by atoms with Crippen molar-refractivity contribution < 1.29 is 81.8 Å². The van der Waals surface area contributed by atoms with Crippen LogP contribution >= 0.6 is 15.2 Å². The minimum atomic E-state index is -5.68. The van der Waals surface area contributed by atoms with Gasteiger partial charge in [-0.3, -0.25) is 42.7 Å². The van der Waals surface area contributed by atoms with Gasteiger partial charge in [-0.2, -0.15) is 0 Å². The number of hydrogen-bond donors (Lipinski definition) is 13. The summed E-state index contributed by atoms with van der Waals surface area (Å²) in [6.07, 6.45) is 2.13. The summed E-state index contributed by atoms with van der Waals surface area (Å²) in [6.45, 7) is 4.22. The number of ether oxygens (including phenoxy) is 1. The maximum atomic E-state index is 14.1. The van der Waals surface area contributed by atoms with Crippen LogP contribution < -0.4 is 42.6 Å². The molecule has 0 aliphatic carbocycles. The van der Waals surface area contributed by atoms with Crippen LogP contribution in [0.2, 0.25) is 0 Å². The normalized spacial score (nSPS) is 16.3. The Morgan fingerprint density at radius 2 is 1.61 bits per heavy atom. The third-order valence-electron chi connectivity index (χ3n) is 12.4. The van der Waals surface area contributed by atoms with E-state index in [1.807, 2.05) is 6.92 Å². The zero-order valence-electron chi connectivity index (χ0n) is 41.4. The molecule has 0 fully saturated rings. The van der Waals surface area contributed by atoms with Gasteiger partial charge in [0, 0.05) is 80.2 Å². The number of pyridine rings is 1. The van der Waals surface area contributed by atoms with Gasteiger partial charge in [0.1, 0.15) is 29.8 Å². The van der Waals surface area contributed by atoms with E-state index in [1.54, 1.807) is 25.1 Å². The molecule has 1 aliphatic rings. The number of fused-ring (bicyclic) bond motifs is 2. The predicted molar refractivity (Wildman–Crippen MR) is 276 cm³/mol. The number of amides is 5. The highest BCUT2D eigenvalue weighted by Gasteiger charge is 2.59. The van der Waals surface area contributed by atoms with Crippen molar-refractivity contribution >= 4 is 67.7 Å². The van der Waals surface area contributed by atoms with Crippen molar-refractivity contribution in [2.75, 3.05) is 36.9 Å². The van der Waals surface area contributed by atoms with Crippen molar-refractivity contribution in [3.8, 4) is 0 Å². The van der Waals surface area contributed by atoms with Crippen molar-refractivity contribution in [3.63, 3.8) is 0 Å². The van der Waals surface area contributed by atoms with Crippen LogP contribution in [0, 0.1) is 5.92 Å². The largest absolute Gasteiger partial charge is 0.387 e. The van der Waals surface area contributed by atoms with Gasteiger partial charge in [0.05, 0.1) is 18.8 Å². The fraction of sp³-hybridized carbons (Fsp3) is 0.510. The maximum Gasteiger partial charge on any atom is 0.369 e. The summed E-state index contributed by atoms with van der Waals surface area (Å²) in [5.41, 5.74) is 13.1. The minimum Gasteiger partial charge on any atom is -0.387 e. The number of carbonyl (C=O) groups is 7. The number of anilines is 2. The Labute approximate surface area is 435 Å². The highest BCUT2D eigenvalue weighted by atomic mass is 31.2. The molecule has 1 aromatic heterocycles. The van der Waals surface area contributed by atoms with Gasteiger partial charge >= 0.3 is 15.2 Å². The Balaban J connectivity index is 0.0000148. The number of benzene rings is 2. The molecule has 15 N–H and O–H groups in total. The first-order valence-electron chi connectivity index (χ1n) is 24.1. The van der Waals surface area contributed by atoms with Crippen molar-refractivity contribution in [1.29, 1.82) is 0 Å². The molecule has 0 saturated heterocycles. The molecule has 2 heterocycles. The Bertz CT molecular complexity index is 2570. The topological polar surface area (TPSA) is 400 Å². The predicted octanol–water partition coefficient (Wildman–Crippen LogP) is 1.40. The molecule has 75 heavy (non-hydrogen) atoms. The number of ketones is 2. The molecule has 0 spiro atoms. The van der Waals surface area contributed by atoms with Gasteiger partial charge < -0.3 is 72.6 Å². The average Bonchev–Trinajstić information content (AvgIpc) is 3.33. The molecule has 2 aromatic carbocycles. The zero-order chi connectivity index (χ0) is 54.8. The summed E-state index contributed by atoms with van der Waals surface area (Å²) < 4.78 is 30.3. The molecule has 0 bridgehead atoms. The van der Waals surface area contributed by atoms with E-state index in [0.29, 0.717) is 42.6 Å². The van der Waals surface area contributed by atoms with Gasteiger partial charge in [0.15, 0.2) is 18.9 Å². The first-order valence-corrected chi connectivity index (χ1v) is 27.4. The number of primary amides is 1. The summed E-state index contributed by atoms with van der Waals surface area (Å²) in [4.78, 5) is 130. The lowest BCUT2D eigenvalue weighted by Gasteiger charge is -2.28. The summed E-state index contributed by atoms with van der Waals surface area (Å²) in [5, 5.41) is 31.5. The van der Waals surface area contributed by atoms with Gasteiger partial charge in [0.25, 0.3) is 11.0 Å². The van der Waals surface area contributed by atoms with Gasteiger partial charge in [-0.05, 0) is 79.6 Å². The number of nitrogens with two attached hydrogens (primary N) is 2. The second-order valence-corrected chi connectivity index (χ2v) is 22.3. The summed E-state index contributed by atoms with van der Waals surface area (Å²) in [5.74, 6) is -3.72. The van der Waals surface area contributed by atoms with Crippen LogP contribution in [-0.2, 0) is 63.8 Å². The number of aromatic nitrogens is 1. The number of aliphatic hydroxyl groups excluding tert-OH is 1. The first-order chi connectivity index (χ1) is 34.8. The van der Waals surface area contributed by atoms with Crippen molar-refractivity contribution in [3.05, 3.63) is 88.7 Å². The van der Waals surface area contributed by atoms with Crippen LogP contribution in [0.25, 0.3) is 0 Å². The molecule has 0 radical (unpaired) electrons. The summed E-state index contributed by atoms with van der Waals surface area (Å²) >= 11 is 0. The molecule has 26 heteroatoms. The first kappa shape index (κ1) is 63.5. The third kappa shape index (κ3) is 19.4. The summed E-state index contributed by atoms with van der Waals surface area (Å²) in [7, 11) is -11.4. The number of carbonyl (C=O) groups excluding carboxylic acids is 7. The Morgan fingerprint density at radius 3 is 2.28 bits per heavy atom. The molecule has 3 aromatic rings. The molecule has 4 rings (SSSR count). The van der Waals surface area contributed by atoms with E-state index in [2.05, 4.69) is 26.6 Å². The summed E-state index contributed by atoms with van der Waals surface area (Å²) in [6, 6.07) is 9.98. The molecule has 1 aliphatic heterocycles. The highest BCUT2D eigenvalue weighted by molar-refractivity contribution is 7.72. The molecule has 5 amide bonds. The second-order valence-electron chi connectivity index (χ2n) is 18.2. The van der Waals surface area contributed by atoms with Crippen molar-refractivity contribution in [1.82, 2.24) is 16.0 Å². The van der Waals surface area contributed by atoms with E-state index in [4.69, 9.17) is 16.2 Å². The van der Waals surface area contributed by atoms with Crippen LogP contribution in [0.4, 0.5) is 11.4 Å². The number of nitrogens with one attached hydrogen (secondary N) is 5. The number of rotatable bonds is 27. The van der Waals surface area contributed by atoms with E-state index in [1.165, 1.54) is 47.3 Å². The Morgan fingerprint density at radius 1 is 0.893 bits per heavy atom. The number of aliphatic hydroxyl groups is 2. The van der Waals surface area contributed by atoms with E-state index >= 15 is 0 Å². The second kappa shape index (κ2) is 29.5. The zero-order valence-corrected chi connectivity index (χ0v) is 43.2. The minimum absolute atomic E-state index is 0. The average molecular weight is 1090 g/mol. The van der Waals surface area contributed by atoms with E-state index < -0.39 is 74.4 Å². The Hall–Kier alpha value is -5.78. The lowest BCUT2D eigenvalue weighted by atomic mass is 9.96. The molecular weight excluding hydrogens is 1020 g/mol. The molecule has 414 valence electrons. The number of Topliss-reactive ketones (excluding diaryl/α,β-unsaturated/α-hetero) is 2. The van der Waals surface area contributed by atoms with E-state index in [0.717, 1.165) is 0 Å². The fourth-order valence-corrected chi connectivity index (χ4v) is 9.97. The molecule has 2 unspecified atom stereocenters. The SMILES string of the molecule is C.CCC(C)[C@@H]1NC(=O)c2cc(CC(=O)CCC(=O)NCCOCCC(=O)CCC(O)C[n+]3cccc(CC(O)(P(=O)(O)O)P(=O)(O)O)c3)ccc2NCc2ccc(C(N)=O)cc2NC(=O)[C@H](CCCCN)NC1=O. The number of nitrogens with zero attached hydrogens (tertiary/aromatic N) is 1. The van der Waals surface area contributed by atoms with Gasteiger partial charge in [-0.1, -0.05) is 39.8 Å². The molecule has 24 nitrogen and oxygen atoms in total. The number of unbranched alkanes of at least 4 members (excludes halogenated alkanes) is 1. The molecule has 0 saturated carbocycles. The molecular formula is C49H73N8O16P2+. The van der Waals surface area contributed by atoms with Crippen LogP contribution in [0.15, 0.2) is 60.9 Å². The van der Waals surface area contributed by atoms with Crippen LogP contribution in [0.5, 0.6) is 0 Å². The van der Waals surface area contributed by atoms with E-state index in [9.17, 15) is 72.5 Å². The van der Waals surface area contributed by atoms with Gasteiger partial charge in [0.2, 0.25) is 23.6 Å². The van der Waals surface area contributed by atoms with Gasteiger partial charge in [-0.25, -0.2) is 4.57 Å². The maximum absolute atomic E-state index is 14.1. The van der Waals surface area contributed by atoms with E-state index in [-0.39, 0.29) is 125 Å².